The second-order valence-corrected chi connectivity index (χ2v) is 5.46. The minimum absolute atomic E-state index is 0.00366. The van der Waals surface area contributed by atoms with Crippen LogP contribution in [0, 0.1) is 0 Å². The van der Waals surface area contributed by atoms with Crippen LogP contribution in [-0.4, -0.2) is 5.78 Å². The fraction of sp³-hybridized carbons (Fsp3) is 0.188. The van der Waals surface area contributed by atoms with E-state index in [0.29, 0.717) is 16.8 Å². The third kappa shape index (κ3) is 3.44. The van der Waals surface area contributed by atoms with E-state index < -0.39 is 0 Å². The lowest BCUT2D eigenvalue weighted by molar-refractivity contribution is 0.103. The smallest absolute Gasteiger partial charge is 0.193 e. The van der Waals surface area contributed by atoms with Crippen molar-refractivity contribution in [1.29, 1.82) is 0 Å². The Balaban J connectivity index is 2.28. The van der Waals surface area contributed by atoms with E-state index in [4.69, 9.17) is 5.73 Å². The van der Waals surface area contributed by atoms with Crippen molar-refractivity contribution in [2.75, 3.05) is 5.73 Å². The maximum Gasteiger partial charge on any atom is 0.193 e. The fourth-order valence-electron chi connectivity index (χ4n) is 2.02. The molecule has 0 heterocycles. The fourth-order valence-corrected chi connectivity index (χ4v) is 2.53. The van der Waals surface area contributed by atoms with Gasteiger partial charge in [0, 0.05) is 21.3 Å². The van der Waals surface area contributed by atoms with Crippen LogP contribution in [0.1, 0.15) is 34.8 Å². The molecule has 0 aliphatic heterocycles. The minimum Gasteiger partial charge on any atom is -0.399 e. The van der Waals surface area contributed by atoms with Crippen LogP contribution in [0.2, 0.25) is 0 Å². The number of carbonyl (C=O) groups is 1. The molecule has 0 amide bonds. The van der Waals surface area contributed by atoms with Gasteiger partial charge in [0.15, 0.2) is 5.78 Å². The normalized spacial score (nSPS) is 10.4. The van der Waals surface area contributed by atoms with Crippen LogP contribution in [-0.2, 0) is 6.42 Å². The van der Waals surface area contributed by atoms with E-state index in [9.17, 15) is 4.79 Å². The molecule has 2 aromatic rings. The van der Waals surface area contributed by atoms with Gasteiger partial charge < -0.3 is 5.73 Å². The Hall–Kier alpha value is -1.61. The number of hydrogen-bond acceptors (Lipinski definition) is 2. The zero-order valence-corrected chi connectivity index (χ0v) is 12.4. The lowest BCUT2D eigenvalue weighted by atomic mass is 10.0. The number of anilines is 1. The summed E-state index contributed by atoms with van der Waals surface area (Å²) in [5.74, 6) is -0.00366. The molecule has 2 aromatic carbocycles. The van der Waals surface area contributed by atoms with Crippen LogP contribution in [0.5, 0.6) is 0 Å². The van der Waals surface area contributed by atoms with Gasteiger partial charge in [0.05, 0.1) is 0 Å². The maximum atomic E-state index is 12.3. The van der Waals surface area contributed by atoms with E-state index in [1.165, 1.54) is 5.56 Å². The predicted molar refractivity (Wildman–Crippen MR) is 82.4 cm³/mol. The summed E-state index contributed by atoms with van der Waals surface area (Å²) in [4.78, 5) is 12.3. The van der Waals surface area contributed by atoms with Gasteiger partial charge in [0.2, 0.25) is 0 Å². The largest absolute Gasteiger partial charge is 0.399 e. The first kappa shape index (κ1) is 13.8. The Labute approximate surface area is 121 Å². The van der Waals surface area contributed by atoms with Crippen LogP contribution in [0.4, 0.5) is 5.69 Å². The first-order valence-corrected chi connectivity index (χ1v) is 7.09. The second kappa shape index (κ2) is 6.02. The summed E-state index contributed by atoms with van der Waals surface area (Å²) < 4.78 is 0.818. The molecule has 0 aliphatic carbocycles. The van der Waals surface area contributed by atoms with Gasteiger partial charge in [-0.2, -0.15) is 0 Å². The quantitative estimate of drug-likeness (QED) is 0.678. The van der Waals surface area contributed by atoms with Crippen molar-refractivity contribution in [3.8, 4) is 0 Å². The highest BCUT2D eigenvalue weighted by Crippen LogP contribution is 2.20. The number of hydrogen-bond donors (Lipinski definition) is 1. The van der Waals surface area contributed by atoms with Crippen molar-refractivity contribution in [3.63, 3.8) is 0 Å². The van der Waals surface area contributed by atoms with Crippen molar-refractivity contribution >= 4 is 27.4 Å². The Morgan fingerprint density at radius 2 is 1.79 bits per heavy atom. The van der Waals surface area contributed by atoms with Crippen molar-refractivity contribution in [2.24, 2.45) is 0 Å². The van der Waals surface area contributed by atoms with E-state index in [0.717, 1.165) is 17.3 Å². The number of carbonyl (C=O) groups excluding carboxylic acids is 1. The van der Waals surface area contributed by atoms with Crippen molar-refractivity contribution in [3.05, 3.63) is 63.6 Å². The third-order valence-electron chi connectivity index (χ3n) is 2.94. The van der Waals surface area contributed by atoms with E-state index in [1.807, 2.05) is 24.3 Å². The summed E-state index contributed by atoms with van der Waals surface area (Å²) in [5.41, 5.74) is 8.90. The molecule has 2 rings (SSSR count). The topological polar surface area (TPSA) is 43.1 Å². The number of halogens is 1. The average Bonchev–Trinajstić information content (AvgIpc) is 2.38. The zero-order chi connectivity index (χ0) is 13.8. The molecule has 0 atom stereocenters. The second-order valence-electron chi connectivity index (χ2n) is 4.55. The van der Waals surface area contributed by atoms with Gasteiger partial charge >= 0.3 is 0 Å². The SMILES string of the molecule is CCCc1ccc(C(=O)c2cc(N)cc(Br)c2)cc1. The number of aryl methyl sites for hydroxylation is 1. The van der Waals surface area contributed by atoms with E-state index in [1.54, 1.807) is 18.2 Å². The molecule has 2 N–H and O–H groups in total. The van der Waals surface area contributed by atoms with Gasteiger partial charge in [0.25, 0.3) is 0 Å². The van der Waals surface area contributed by atoms with Gasteiger partial charge in [-0.15, -0.1) is 0 Å². The molecule has 3 heteroatoms. The van der Waals surface area contributed by atoms with Gasteiger partial charge in [-0.1, -0.05) is 53.5 Å². The van der Waals surface area contributed by atoms with Crippen LogP contribution in [0.3, 0.4) is 0 Å². The van der Waals surface area contributed by atoms with Crippen LogP contribution < -0.4 is 5.73 Å². The Bertz CT molecular complexity index is 570. The maximum absolute atomic E-state index is 12.3. The van der Waals surface area contributed by atoms with Crippen molar-refractivity contribution in [2.45, 2.75) is 19.8 Å². The average molecular weight is 318 g/mol. The Morgan fingerprint density at radius 3 is 2.37 bits per heavy atom. The number of rotatable bonds is 4. The number of nitrogen functional groups attached to an aromatic ring is 1. The first-order valence-electron chi connectivity index (χ1n) is 6.30. The highest BCUT2D eigenvalue weighted by molar-refractivity contribution is 9.10. The highest BCUT2D eigenvalue weighted by atomic mass is 79.9. The summed E-state index contributed by atoms with van der Waals surface area (Å²) in [7, 11) is 0. The van der Waals surface area contributed by atoms with Gasteiger partial charge in [-0.3, -0.25) is 4.79 Å². The van der Waals surface area contributed by atoms with Crippen LogP contribution >= 0.6 is 15.9 Å². The summed E-state index contributed by atoms with van der Waals surface area (Å²) in [5, 5.41) is 0. The predicted octanol–water partition coefficient (Wildman–Crippen LogP) is 4.21. The van der Waals surface area contributed by atoms with E-state index in [-0.39, 0.29) is 5.78 Å². The molecule has 0 aliphatic rings. The molecule has 0 fully saturated rings. The molecule has 0 saturated carbocycles. The molecular weight excluding hydrogens is 302 g/mol. The molecule has 19 heavy (non-hydrogen) atoms. The molecule has 0 unspecified atom stereocenters. The highest BCUT2D eigenvalue weighted by Gasteiger charge is 2.10. The van der Waals surface area contributed by atoms with Crippen molar-refractivity contribution < 1.29 is 4.79 Å². The van der Waals surface area contributed by atoms with Crippen LogP contribution in [0.25, 0.3) is 0 Å². The third-order valence-corrected chi connectivity index (χ3v) is 3.39. The summed E-state index contributed by atoms with van der Waals surface area (Å²) in [6.45, 7) is 2.14. The van der Waals surface area contributed by atoms with E-state index >= 15 is 0 Å². The first-order chi connectivity index (χ1) is 9.10. The Kier molecular flexibility index (Phi) is 4.38. The molecule has 0 aromatic heterocycles. The van der Waals surface area contributed by atoms with Gasteiger partial charge in [-0.25, -0.2) is 0 Å². The Morgan fingerprint density at radius 1 is 1.11 bits per heavy atom. The molecule has 2 nitrogen and oxygen atoms in total. The molecule has 98 valence electrons. The number of ketones is 1. The molecule has 0 radical (unpaired) electrons. The standard InChI is InChI=1S/C16H16BrNO/c1-2-3-11-4-6-12(7-5-11)16(19)13-8-14(17)10-15(18)9-13/h4-10H,2-3,18H2,1H3. The lowest BCUT2D eigenvalue weighted by Crippen LogP contribution is -2.02. The lowest BCUT2D eigenvalue weighted by Gasteiger charge is -2.05. The summed E-state index contributed by atoms with van der Waals surface area (Å²) in [6.07, 6.45) is 2.15. The molecule has 0 spiro atoms. The van der Waals surface area contributed by atoms with Crippen molar-refractivity contribution in [1.82, 2.24) is 0 Å². The van der Waals surface area contributed by atoms with Crippen LogP contribution in [0.15, 0.2) is 46.9 Å². The van der Waals surface area contributed by atoms with Gasteiger partial charge in [0.1, 0.15) is 0 Å². The zero-order valence-electron chi connectivity index (χ0n) is 10.8. The monoisotopic (exact) mass is 317 g/mol. The molecular formula is C16H16BrNO. The summed E-state index contributed by atoms with van der Waals surface area (Å²) in [6, 6.07) is 13.1. The molecule has 0 saturated heterocycles. The summed E-state index contributed by atoms with van der Waals surface area (Å²) >= 11 is 3.35. The van der Waals surface area contributed by atoms with E-state index in [2.05, 4.69) is 22.9 Å². The molecule has 0 bridgehead atoms. The number of nitrogens with two attached hydrogens (primary N) is 1. The van der Waals surface area contributed by atoms with Gasteiger partial charge in [-0.05, 0) is 30.2 Å². The minimum atomic E-state index is -0.00366. The number of benzene rings is 2.